The Morgan fingerprint density at radius 2 is 1.92 bits per heavy atom. The molecular formula is C21H18N2O3. The van der Waals surface area contributed by atoms with E-state index in [-0.39, 0.29) is 12.2 Å². The zero-order valence-electron chi connectivity index (χ0n) is 14.4. The van der Waals surface area contributed by atoms with Crippen molar-refractivity contribution in [2.45, 2.75) is 19.4 Å². The van der Waals surface area contributed by atoms with Gasteiger partial charge in [-0.3, -0.25) is 9.36 Å². The number of carbonyl (C=O) groups excluding carboxylic acids is 1. The van der Waals surface area contributed by atoms with Crippen molar-refractivity contribution in [3.05, 3.63) is 76.3 Å². The third-order valence-electron chi connectivity index (χ3n) is 4.52. The van der Waals surface area contributed by atoms with Gasteiger partial charge in [0.1, 0.15) is 11.9 Å². The molecule has 130 valence electrons. The van der Waals surface area contributed by atoms with Gasteiger partial charge in [0.15, 0.2) is 0 Å². The molecule has 0 bridgehead atoms. The van der Waals surface area contributed by atoms with Crippen molar-refractivity contribution in [2.24, 2.45) is 0 Å². The Hall–Kier alpha value is -3.21. The van der Waals surface area contributed by atoms with Gasteiger partial charge in [-0.05, 0) is 36.3 Å². The molecule has 4 rings (SSSR count). The summed E-state index contributed by atoms with van der Waals surface area (Å²) in [7, 11) is 0. The Labute approximate surface area is 150 Å². The first kappa shape index (κ1) is 16.3. The predicted octanol–water partition coefficient (Wildman–Crippen LogP) is 3.45. The van der Waals surface area contributed by atoms with Gasteiger partial charge >= 0.3 is 5.97 Å². The zero-order valence-corrected chi connectivity index (χ0v) is 14.4. The maximum absolute atomic E-state index is 13.0. The van der Waals surface area contributed by atoms with Crippen LogP contribution in [0.1, 0.15) is 30.8 Å². The van der Waals surface area contributed by atoms with Crippen LogP contribution in [-0.4, -0.2) is 22.1 Å². The van der Waals surface area contributed by atoms with E-state index in [0.717, 1.165) is 11.1 Å². The van der Waals surface area contributed by atoms with Gasteiger partial charge in [-0.25, -0.2) is 9.78 Å². The van der Waals surface area contributed by atoms with E-state index in [4.69, 9.17) is 4.74 Å². The number of rotatable bonds is 3. The number of carbonyl (C=O) groups is 1. The molecule has 0 spiro atoms. The van der Waals surface area contributed by atoms with Gasteiger partial charge in [-0.1, -0.05) is 42.5 Å². The number of benzene rings is 2. The van der Waals surface area contributed by atoms with Crippen LogP contribution >= 0.6 is 0 Å². The quantitative estimate of drug-likeness (QED) is 0.682. The van der Waals surface area contributed by atoms with Crippen LogP contribution in [0.15, 0.2) is 59.4 Å². The van der Waals surface area contributed by atoms with Crippen molar-refractivity contribution in [1.82, 2.24) is 9.55 Å². The fourth-order valence-corrected chi connectivity index (χ4v) is 3.35. The lowest BCUT2D eigenvalue weighted by Gasteiger charge is -2.12. The maximum atomic E-state index is 13.0. The van der Waals surface area contributed by atoms with E-state index in [2.05, 4.69) is 4.98 Å². The Morgan fingerprint density at radius 1 is 1.19 bits per heavy atom. The average Bonchev–Trinajstić information content (AvgIpc) is 3.02. The molecule has 0 radical (unpaired) electrons. The van der Waals surface area contributed by atoms with E-state index >= 15 is 0 Å². The average molecular weight is 346 g/mol. The minimum absolute atomic E-state index is 0.208. The molecule has 2 heterocycles. The van der Waals surface area contributed by atoms with Gasteiger partial charge < -0.3 is 4.74 Å². The number of hydrogen-bond acceptors (Lipinski definition) is 4. The second kappa shape index (κ2) is 6.59. The number of para-hydroxylation sites is 1. The van der Waals surface area contributed by atoms with E-state index in [1.807, 2.05) is 48.5 Å². The third-order valence-corrected chi connectivity index (χ3v) is 4.52. The fraction of sp³-hybridized carbons (Fsp3) is 0.190. The first-order valence-corrected chi connectivity index (χ1v) is 8.63. The summed E-state index contributed by atoms with van der Waals surface area (Å²) >= 11 is 0. The summed E-state index contributed by atoms with van der Waals surface area (Å²) in [6.45, 7) is 2.04. The first-order valence-electron chi connectivity index (χ1n) is 8.63. The minimum Gasteiger partial charge on any atom is -0.464 e. The van der Waals surface area contributed by atoms with Crippen LogP contribution in [-0.2, 0) is 9.53 Å². The molecule has 2 aromatic carbocycles. The Balaban J connectivity index is 1.94. The molecule has 5 heteroatoms. The normalized spacial score (nSPS) is 17.4. The van der Waals surface area contributed by atoms with Gasteiger partial charge in [0.05, 0.1) is 17.5 Å². The Bertz CT molecular complexity index is 1070. The summed E-state index contributed by atoms with van der Waals surface area (Å²) in [6.07, 6.45) is 2.37. The highest BCUT2D eigenvalue weighted by atomic mass is 16.5. The number of nitrogens with zero attached hydrogens (tertiary/aromatic N) is 2. The molecule has 0 saturated carbocycles. The first-order chi connectivity index (χ1) is 12.7. The number of hydrogen-bond donors (Lipinski definition) is 0. The fourth-order valence-electron chi connectivity index (χ4n) is 3.35. The number of ether oxygens (including phenoxy) is 1. The molecule has 0 fully saturated rings. The number of fused-ring (bicyclic) bond motifs is 2. The van der Waals surface area contributed by atoms with Crippen LogP contribution in [0.25, 0.3) is 22.6 Å². The molecule has 3 aromatic rings. The lowest BCUT2D eigenvalue weighted by Crippen LogP contribution is -2.29. The van der Waals surface area contributed by atoms with Crippen LogP contribution in [0.3, 0.4) is 0 Å². The topological polar surface area (TPSA) is 61.2 Å². The molecule has 1 aliphatic heterocycles. The molecule has 0 amide bonds. The third kappa shape index (κ3) is 2.71. The van der Waals surface area contributed by atoms with Crippen molar-refractivity contribution in [1.29, 1.82) is 0 Å². The molecule has 0 saturated heterocycles. The largest absolute Gasteiger partial charge is 0.464 e. The lowest BCUT2D eigenvalue weighted by molar-refractivity contribution is -0.146. The van der Waals surface area contributed by atoms with Crippen LogP contribution < -0.4 is 5.56 Å². The number of esters is 1. The van der Waals surface area contributed by atoms with Crippen LogP contribution in [0.5, 0.6) is 0 Å². The van der Waals surface area contributed by atoms with E-state index in [1.165, 1.54) is 4.57 Å². The maximum Gasteiger partial charge on any atom is 0.329 e. The van der Waals surface area contributed by atoms with Gasteiger partial charge in [0.25, 0.3) is 5.56 Å². The van der Waals surface area contributed by atoms with Gasteiger partial charge in [0.2, 0.25) is 0 Å². The Morgan fingerprint density at radius 3 is 2.69 bits per heavy atom. The standard InChI is InChI=1S/C21H18N2O3/c1-2-26-21(25)18-13-15(12-14-8-4-3-5-9-14)19-22-17-11-7-6-10-16(17)20(24)23(18)19/h3-12,18H,2,13H2,1H3/b15-12+. The minimum atomic E-state index is -0.676. The molecule has 1 unspecified atom stereocenters. The SMILES string of the molecule is CCOC(=O)C1C/C(=C\c2ccccc2)c2nc3ccccc3c(=O)n21. The van der Waals surface area contributed by atoms with Crippen molar-refractivity contribution >= 4 is 28.5 Å². The van der Waals surface area contributed by atoms with Crippen LogP contribution in [0.4, 0.5) is 0 Å². The van der Waals surface area contributed by atoms with Gasteiger partial charge in [-0.2, -0.15) is 0 Å². The van der Waals surface area contributed by atoms with Crippen LogP contribution in [0.2, 0.25) is 0 Å². The molecule has 1 atom stereocenters. The molecule has 0 N–H and O–H groups in total. The van der Waals surface area contributed by atoms with E-state index in [9.17, 15) is 9.59 Å². The van der Waals surface area contributed by atoms with E-state index < -0.39 is 12.0 Å². The number of aromatic nitrogens is 2. The smallest absolute Gasteiger partial charge is 0.329 e. The van der Waals surface area contributed by atoms with E-state index in [1.54, 1.807) is 19.1 Å². The molecule has 26 heavy (non-hydrogen) atoms. The summed E-state index contributed by atoms with van der Waals surface area (Å²) < 4.78 is 6.68. The van der Waals surface area contributed by atoms with Crippen molar-refractivity contribution in [3.63, 3.8) is 0 Å². The van der Waals surface area contributed by atoms with Gasteiger partial charge in [0, 0.05) is 6.42 Å². The van der Waals surface area contributed by atoms with Crippen LogP contribution in [0, 0.1) is 0 Å². The molecular weight excluding hydrogens is 328 g/mol. The summed E-state index contributed by atoms with van der Waals surface area (Å²) in [5.74, 6) is 0.139. The van der Waals surface area contributed by atoms with E-state index in [0.29, 0.717) is 23.1 Å². The van der Waals surface area contributed by atoms with Crippen molar-refractivity contribution in [2.75, 3.05) is 6.61 Å². The Kier molecular flexibility index (Phi) is 4.13. The molecule has 5 nitrogen and oxygen atoms in total. The monoisotopic (exact) mass is 346 g/mol. The highest BCUT2D eigenvalue weighted by molar-refractivity contribution is 5.89. The lowest BCUT2D eigenvalue weighted by atomic mass is 10.1. The molecule has 1 aromatic heterocycles. The predicted molar refractivity (Wildman–Crippen MR) is 101 cm³/mol. The summed E-state index contributed by atoms with van der Waals surface area (Å²) in [5, 5.41) is 0.506. The second-order valence-corrected chi connectivity index (χ2v) is 6.18. The molecule has 0 aliphatic carbocycles. The molecule has 1 aliphatic rings. The second-order valence-electron chi connectivity index (χ2n) is 6.18. The number of allylic oxidation sites excluding steroid dienone is 1. The summed E-state index contributed by atoms with van der Waals surface area (Å²) in [4.78, 5) is 30.2. The van der Waals surface area contributed by atoms with Crippen molar-refractivity contribution < 1.29 is 9.53 Å². The van der Waals surface area contributed by atoms with Crippen molar-refractivity contribution in [3.8, 4) is 0 Å². The summed E-state index contributed by atoms with van der Waals surface area (Å²) in [6, 6.07) is 16.3. The van der Waals surface area contributed by atoms with Gasteiger partial charge in [-0.15, -0.1) is 0 Å². The zero-order chi connectivity index (χ0) is 18.1. The summed E-state index contributed by atoms with van der Waals surface area (Å²) in [5.41, 5.74) is 2.28. The highest BCUT2D eigenvalue weighted by Gasteiger charge is 2.35. The highest BCUT2D eigenvalue weighted by Crippen LogP contribution is 2.35.